The van der Waals surface area contributed by atoms with E-state index in [1.54, 1.807) is 30.4 Å². The largest absolute Gasteiger partial charge is 0.490 e. The van der Waals surface area contributed by atoms with Crippen molar-refractivity contribution in [2.24, 2.45) is 4.99 Å². The monoisotopic (exact) mass is 516 g/mol. The number of amides is 1. The number of carbonyl (C=O) groups is 1. The van der Waals surface area contributed by atoms with Crippen molar-refractivity contribution < 1.29 is 18.7 Å². The molecule has 0 spiro atoms. The summed E-state index contributed by atoms with van der Waals surface area (Å²) in [5.74, 6) is 0.527. The second-order valence-electron chi connectivity index (χ2n) is 8.31. The first-order chi connectivity index (χ1) is 18.0. The van der Waals surface area contributed by atoms with Crippen LogP contribution in [-0.4, -0.2) is 17.7 Å². The number of halogens is 1. The Morgan fingerprint density at radius 1 is 1.05 bits per heavy atom. The summed E-state index contributed by atoms with van der Waals surface area (Å²) in [6.45, 7) is 8.33. The summed E-state index contributed by atoms with van der Waals surface area (Å²) in [6, 6.07) is 18.2. The van der Waals surface area contributed by atoms with Crippen LogP contribution in [0, 0.1) is 5.82 Å². The van der Waals surface area contributed by atoms with Crippen molar-refractivity contribution in [1.82, 2.24) is 5.32 Å². The van der Waals surface area contributed by atoms with Crippen molar-refractivity contribution in [3.05, 3.63) is 106 Å². The Bertz CT molecular complexity index is 1350. The molecule has 3 aromatic rings. The van der Waals surface area contributed by atoms with E-state index in [9.17, 15) is 9.18 Å². The summed E-state index contributed by atoms with van der Waals surface area (Å²) < 4.78 is 26.1. The van der Waals surface area contributed by atoms with Gasteiger partial charge in [-0.3, -0.25) is 4.79 Å². The molecule has 1 aliphatic heterocycles. The zero-order valence-corrected chi connectivity index (χ0v) is 21.7. The number of aryl methyl sites for hydroxylation is 1. The molecule has 0 aliphatic carbocycles. The van der Waals surface area contributed by atoms with Gasteiger partial charge in [0.1, 0.15) is 12.4 Å². The van der Waals surface area contributed by atoms with Gasteiger partial charge in [0.15, 0.2) is 16.7 Å². The van der Waals surface area contributed by atoms with Gasteiger partial charge in [0, 0.05) is 11.1 Å². The van der Waals surface area contributed by atoms with Crippen LogP contribution in [0.4, 0.5) is 10.1 Å². The van der Waals surface area contributed by atoms with Crippen molar-refractivity contribution in [1.29, 1.82) is 0 Å². The summed E-state index contributed by atoms with van der Waals surface area (Å²) in [5, 5.41) is 3.36. The lowest BCUT2D eigenvalue weighted by atomic mass is 10.0. The number of rotatable bonds is 10. The minimum atomic E-state index is -0.324. The Balaban J connectivity index is 1.61. The molecule has 4 rings (SSSR count). The standard InChI is InChI=1S/C30H29FN2O3S/c1-4-9-22-16-21(17-26(35-6-3)28(22)36-19-23-10-7-8-11-25(23)31)18-27-29(34)33-30(37-27)32-24-14-12-20(5-2)13-15-24/h4,7-8,10-18H,1,5-6,9,19H2,2-3H3,(H,32,33,34)/b27-18-. The molecule has 0 atom stereocenters. The van der Waals surface area contributed by atoms with Gasteiger partial charge < -0.3 is 14.8 Å². The first-order valence-corrected chi connectivity index (χ1v) is 13.0. The van der Waals surface area contributed by atoms with Gasteiger partial charge in [-0.25, -0.2) is 9.38 Å². The van der Waals surface area contributed by atoms with Crippen molar-refractivity contribution in [2.75, 3.05) is 6.61 Å². The van der Waals surface area contributed by atoms with E-state index >= 15 is 0 Å². The van der Waals surface area contributed by atoms with E-state index in [1.807, 2.05) is 43.3 Å². The van der Waals surface area contributed by atoms with Crippen LogP contribution in [-0.2, 0) is 24.2 Å². The Morgan fingerprint density at radius 3 is 2.54 bits per heavy atom. The zero-order chi connectivity index (χ0) is 26.2. The number of benzene rings is 3. The molecule has 0 unspecified atom stereocenters. The van der Waals surface area contributed by atoms with Crippen LogP contribution in [0.15, 0.2) is 83.2 Å². The number of ether oxygens (including phenoxy) is 2. The molecule has 0 radical (unpaired) electrons. The van der Waals surface area contributed by atoms with E-state index in [0.29, 0.717) is 40.2 Å². The molecule has 0 saturated carbocycles. The van der Waals surface area contributed by atoms with E-state index in [0.717, 1.165) is 23.2 Å². The van der Waals surface area contributed by atoms with E-state index < -0.39 is 0 Å². The number of allylic oxidation sites excluding steroid dienone is 1. The molecule has 1 saturated heterocycles. The lowest BCUT2D eigenvalue weighted by Gasteiger charge is -2.17. The summed E-state index contributed by atoms with van der Waals surface area (Å²) in [5.41, 5.74) is 4.08. The molecule has 0 bridgehead atoms. The number of aliphatic imine (C=N–C) groups is 1. The quantitative estimate of drug-likeness (QED) is 0.233. The minimum Gasteiger partial charge on any atom is -0.490 e. The molecule has 0 aromatic heterocycles. The van der Waals surface area contributed by atoms with Crippen molar-refractivity contribution in [3.8, 4) is 11.5 Å². The van der Waals surface area contributed by atoms with E-state index in [-0.39, 0.29) is 18.3 Å². The highest BCUT2D eigenvalue weighted by Crippen LogP contribution is 2.37. The third kappa shape index (κ3) is 6.68. The Morgan fingerprint density at radius 2 is 1.84 bits per heavy atom. The smallest absolute Gasteiger partial charge is 0.264 e. The maximum absolute atomic E-state index is 14.1. The summed E-state index contributed by atoms with van der Waals surface area (Å²) in [6.07, 6.45) is 5.05. The van der Waals surface area contributed by atoms with Crippen molar-refractivity contribution >= 4 is 34.6 Å². The predicted octanol–water partition coefficient (Wildman–Crippen LogP) is 6.99. The Kier molecular flexibility index (Phi) is 8.80. The molecule has 1 fully saturated rings. The number of amidine groups is 1. The lowest BCUT2D eigenvalue weighted by molar-refractivity contribution is -0.115. The number of hydrogen-bond donors (Lipinski definition) is 1. The minimum absolute atomic E-state index is 0.0641. The number of carbonyl (C=O) groups excluding carboxylic acids is 1. The second kappa shape index (κ2) is 12.4. The van der Waals surface area contributed by atoms with Crippen LogP contribution in [0.1, 0.15) is 36.1 Å². The molecule has 7 heteroatoms. The van der Waals surface area contributed by atoms with Gasteiger partial charge in [-0.1, -0.05) is 43.3 Å². The Hall–Kier alpha value is -3.84. The highest BCUT2D eigenvalue weighted by atomic mass is 32.2. The normalized spacial score (nSPS) is 15.2. The molecule has 190 valence electrons. The predicted molar refractivity (Wildman–Crippen MR) is 149 cm³/mol. The van der Waals surface area contributed by atoms with E-state index in [1.165, 1.54) is 23.4 Å². The second-order valence-corrected chi connectivity index (χ2v) is 9.35. The summed E-state index contributed by atoms with van der Waals surface area (Å²) in [7, 11) is 0. The fourth-order valence-electron chi connectivity index (χ4n) is 3.82. The van der Waals surface area contributed by atoms with Crippen LogP contribution < -0.4 is 14.8 Å². The summed E-state index contributed by atoms with van der Waals surface area (Å²) >= 11 is 1.29. The van der Waals surface area contributed by atoms with Crippen molar-refractivity contribution in [3.63, 3.8) is 0 Å². The molecular formula is C30H29FN2O3S. The van der Waals surface area contributed by atoms with Crippen molar-refractivity contribution in [2.45, 2.75) is 33.3 Å². The number of nitrogens with one attached hydrogen (secondary N) is 1. The van der Waals surface area contributed by atoms with Crippen LogP contribution >= 0.6 is 11.8 Å². The van der Waals surface area contributed by atoms with Crippen LogP contribution in [0.3, 0.4) is 0 Å². The van der Waals surface area contributed by atoms with Gasteiger partial charge in [-0.15, -0.1) is 6.58 Å². The van der Waals surface area contributed by atoms with Crippen LogP contribution in [0.2, 0.25) is 0 Å². The van der Waals surface area contributed by atoms with Gasteiger partial charge in [-0.05, 0) is 79.1 Å². The first kappa shape index (κ1) is 26.2. The van der Waals surface area contributed by atoms with Gasteiger partial charge in [0.25, 0.3) is 5.91 Å². The SMILES string of the molecule is C=CCc1cc(/C=C2\SC(=Nc3ccc(CC)cc3)NC2=O)cc(OCC)c1OCc1ccccc1F. The Labute approximate surface area is 221 Å². The third-order valence-electron chi connectivity index (χ3n) is 5.67. The summed E-state index contributed by atoms with van der Waals surface area (Å²) in [4.78, 5) is 17.8. The van der Waals surface area contributed by atoms with Gasteiger partial charge in [-0.2, -0.15) is 0 Å². The maximum Gasteiger partial charge on any atom is 0.264 e. The fraction of sp³-hybridized carbons (Fsp3) is 0.200. The van der Waals surface area contributed by atoms with Crippen LogP contribution in [0.25, 0.3) is 6.08 Å². The first-order valence-electron chi connectivity index (χ1n) is 12.2. The molecule has 1 aliphatic rings. The molecule has 3 aromatic carbocycles. The third-order valence-corrected chi connectivity index (χ3v) is 6.58. The number of hydrogen-bond acceptors (Lipinski definition) is 5. The zero-order valence-electron chi connectivity index (χ0n) is 20.9. The highest BCUT2D eigenvalue weighted by molar-refractivity contribution is 8.18. The van der Waals surface area contributed by atoms with E-state index in [4.69, 9.17) is 9.47 Å². The molecule has 5 nitrogen and oxygen atoms in total. The molecule has 37 heavy (non-hydrogen) atoms. The molecule has 1 N–H and O–H groups in total. The molecule has 1 amide bonds. The number of nitrogens with zero attached hydrogens (tertiary/aromatic N) is 1. The average Bonchev–Trinajstić information content (AvgIpc) is 3.23. The highest BCUT2D eigenvalue weighted by Gasteiger charge is 2.24. The topological polar surface area (TPSA) is 59.9 Å². The maximum atomic E-state index is 14.1. The van der Waals surface area contributed by atoms with Gasteiger partial charge in [0.2, 0.25) is 0 Å². The number of thioether (sulfide) groups is 1. The van der Waals surface area contributed by atoms with Gasteiger partial charge >= 0.3 is 0 Å². The fourth-order valence-corrected chi connectivity index (χ4v) is 4.66. The average molecular weight is 517 g/mol. The molecule has 1 heterocycles. The molecular weight excluding hydrogens is 487 g/mol. The lowest BCUT2D eigenvalue weighted by Crippen LogP contribution is -2.19. The van der Waals surface area contributed by atoms with Gasteiger partial charge in [0.05, 0.1) is 17.2 Å². The van der Waals surface area contributed by atoms with Crippen LogP contribution in [0.5, 0.6) is 11.5 Å². The van der Waals surface area contributed by atoms with E-state index in [2.05, 4.69) is 23.8 Å².